The van der Waals surface area contributed by atoms with Crippen LogP contribution in [0.1, 0.15) is 83.5 Å². The monoisotopic (exact) mass is 1340 g/mol. The average Bonchev–Trinajstić information content (AvgIpc) is 3.82. The third-order valence-corrected chi connectivity index (χ3v) is 15.5. The van der Waals surface area contributed by atoms with Gasteiger partial charge < -0.3 is 0 Å². The zero-order valence-corrected chi connectivity index (χ0v) is 57.1. The molecule has 0 radical (unpaired) electrons. The standard InChI is InChI=1S/C24H19Cl.C22H17Cl.C16H13Cl.C15H13Cl.C14H11Cl/c25-24-18-16-23(17-19-24)15-14-22-12-10-21(11-13-22)9-5-4-8-20-6-2-1-3-7-20;23-22-16-14-21(15-17-22)13-12-20-10-8-19(9-11-20)7-6-18-4-2-1-3-5-18;17-16-12-10-15(11-13-16)9-5-4-8-14-6-2-1-3-7-14;1-12-2-4-13(5-3-12)6-7-14-8-10-15(16)11-9-14;15-14-10-8-13(9-11-14)7-6-12-4-2-1-3-5-12/h1-19H;1-17H;1-13H;2-11H,1H3;1-11H/b8-4+,9-5+,15-14+;7-6+,13-12+;8-4+,9-5+;2*7-6+. The van der Waals surface area contributed by atoms with Crippen molar-refractivity contribution in [1.82, 2.24) is 0 Å². The molecule has 472 valence electrons. The van der Waals surface area contributed by atoms with E-state index >= 15 is 0 Å². The molecular formula is C91H73Cl5. The highest BCUT2D eigenvalue weighted by molar-refractivity contribution is 6.31. The van der Waals surface area contributed by atoms with E-state index in [0.717, 1.165) is 52.9 Å². The fourth-order valence-electron chi connectivity index (χ4n) is 8.87. The van der Waals surface area contributed by atoms with Gasteiger partial charge in [0.25, 0.3) is 0 Å². The van der Waals surface area contributed by atoms with Crippen LogP contribution in [0.4, 0.5) is 0 Å². The first-order valence-corrected chi connectivity index (χ1v) is 33.3. The lowest BCUT2D eigenvalue weighted by atomic mass is 10.1. The van der Waals surface area contributed by atoms with Gasteiger partial charge in [0.1, 0.15) is 0 Å². The first kappa shape index (κ1) is 71.6. The van der Waals surface area contributed by atoms with E-state index < -0.39 is 0 Å². The SMILES string of the molecule is Cc1ccc(/C=C/c2ccc(Cl)cc2)cc1.Clc1ccc(/C=C/C=C/c2ccccc2)cc1.Clc1ccc(/C=C/c2ccc(/C=C/C=C/c3ccccc3)cc2)cc1.Clc1ccc(/C=C/c2ccc(/C=C/c3ccccc3)cc2)cc1.Clc1ccc(/C=C/c2ccccc2)cc1. The van der Waals surface area contributed by atoms with Gasteiger partial charge in [0.15, 0.2) is 0 Å². The van der Waals surface area contributed by atoms with Crippen LogP contribution in [0, 0.1) is 6.92 Å². The summed E-state index contributed by atoms with van der Waals surface area (Å²) in [5.74, 6) is 0. The van der Waals surface area contributed by atoms with Crippen LogP contribution in [0.25, 0.3) is 85.1 Å². The molecule has 0 atom stereocenters. The van der Waals surface area contributed by atoms with Gasteiger partial charge in [-0.25, -0.2) is 0 Å². The molecule has 0 fully saturated rings. The van der Waals surface area contributed by atoms with Crippen molar-refractivity contribution >= 4 is 143 Å². The normalized spacial score (nSPS) is 11.3. The van der Waals surface area contributed by atoms with Crippen molar-refractivity contribution in [2.45, 2.75) is 6.92 Å². The summed E-state index contributed by atoms with van der Waals surface area (Å²) in [6, 6.07) is 105. The van der Waals surface area contributed by atoms with Gasteiger partial charge in [-0.15, -0.1) is 0 Å². The van der Waals surface area contributed by atoms with Gasteiger partial charge in [-0.3, -0.25) is 0 Å². The molecule has 0 aliphatic carbocycles. The van der Waals surface area contributed by atoms with Gasteiger partial charge in [0, 0.05) is 25.1 Å². The number of hydrogen-bond acceptors (Lipinski definition) is 0. The molecule has 0 aliphatic rings. The van der Waals surface area contributed by atoms with E-state index in [-0.39, 0.29) is 0 Å². The molecule has 12 aromatic rings. The predicted octanol–water partition coefficient (Wildman–Crippen LogP) is 28.3. The Balaban J connectivity index is 0.000000156. The molecule has 0 nitrogen and oxygen atoms in total. The molecule has 0 N–H and O–H groups in total. The quantitative estimate of drug-likeness (QED) is 0.0668. The topological polar surface area (TPSA) is 0 Å². The summed E-state index contributed by atoms with van der Waals surface area (Å²) in [5, 5.41) is 3.83. The lowest BCUT2D eigenvalue weighted by Crippen LogP contribution is -1.76. The summed E-state index contributed by atoms with van der Waals surface area (Å²) < 4.78 is 0. The maximum absolute atomic E-state index is 5.90. The fourth-order valence-corrected chi connectivity index (χ4v) is 9.50. The average molecular weight is 1340 g/mol. The van der Waals surface area contributed by atoms with Crippen LogP contribution in [0.15, 0.2) is 340 Å². The minimum absolute atomic E-state index is 0.759. The highest BCUT2D eigenvalue weighted by Crippen LogP contribution is 2.19. The Labute approximate surface area is 593 Å². The van der Waals surface area contributed by atoms with Crippen LogP contribution in [-0.2, 0) is 0 Å². The van der Waals surface area contributed by atoms with E-state index in [9.17, 15) is 0 Å². The Morgan fingerprint density at radius 1 is 0.146 bits per heavy atom. The summed E-state index contributed by atoms with van der Waals surface area (Å²) in [7, 11) is 0. The van der Waals surface area contributed by atoms with Crippen LogP contribution in [0.3, 0.4) is 0 Å². The molecule has 0 aromatic heterocycles. The Bertz CT molecular complexity index is 4380. The van der Waals surface area contributed by atoms with Gasteiger partial charge in [0.2, 0.25) is 0 Å². The third-order valence-electron chi connectivity index (χ3n) is 14.2. The lowest BCUT2D eigenvalue weighted by Gasteiger charge is -1.98. The van der Waals surface area contributed by atoms with Crippen LogP contribution in [0.2, 0.25) is 25.1 Å². The van der Waals surface area contributed by atoms with Crippen molar-refractivity contribution in [3.63, 3.8) is 0 Å². The van der Waals surface area contributed by atoms with E-state index in [4.69, 9.17) is 58.0 Å². The zero-order valence-electron chi connectivity index (χ0n) is 53.3. The molecule has 12 aromatic carbocycles. The maximum atomic E-state index is 5.90. The maximum Gasteiger partial charge on any atom is 0.0406 e. The van der Waals surface area contributed by atoms with Gasteiger partial charge in [-0.2, -0.15) is 0 Å². The minimum atomic E-state index is 0.759. The molecule has 0 spiro atoms. The third kappa shape index (κ3) is 28.9. The first-order valence-electron chi connectivity index (χ1n) is 31.4. The van der Waals surface area contributed by atoms with Crippen molar-refractivity contribution in [3.8, 4) is 0 Å². The molecule has 0 amide bonds. The second-order valence-electron chi connectivity index (χ2n) is 21.7. The number of rotatable bonds is 16. The van der Waals surface area contributed by atoms with E-state index in [1.807, 2.05) is 206 Å². The van der Waals surface area contributed by atoms with Gasteiger partial charge in [-0.1, -0.05) is 428 Å². The minimum Gasteiger partial charge on any atom is -0.0843 e. The van der Waals surface area contributed by atoms with Crippen molar-refractivity contribution in [2.75, 3.05) is 0 Å². The van der Waals surface area contributed by atoms with Gasteiger partial charge >= 0.3 is 0 Å². The summed E-state index contributed by atoms with van der Waals surface area (Å²) >= 11 is 29.2. The summed E-state index contributed by atoms with van der Waals surface area (Å²) in [6.07, 6.45) is 37.5. The number of halogens is 5. The second kappa shape index (κ2) is 41.5. The van der Waals surface area contributed by atoms with Crippen molar-refractivity contribution in [1.29, 1.82) is 0 Å². The lowest BCUT2D eigenvalue weighted by molar-refractivity contribution is 1.46. The summed E-state index contributed by atoms with van der Waals surface area (Å²) in [5.41, 5.74) is 17.8. The predicted molar refractivity (Wildman–Crippen MR) is 428 cm³/mol. The van der Waals surface area contributed by atoms with Crippen LogP contribution in [-0.4, -0.2) is 0 Å². The molecule has 0 unspecified atom stereocenters. The molecular weight excluding hydrogens is 1270 g/mol. The number of hydrogen-bond donors (Lipinski definition) is 0. The molecule has 0 saturated heterocycles. The summed E-state index contributed by atoms with van der Waals surface area (Å²) in [4.78, 5) is 0. The van der Waals surface area contributed by atoms with Crippen LogP contribution in [0.5, 0.6) is 0 Å². The second-order valence-corrected chi connectivity index (χ2v) is 23.9. The molecule has 12 rings (SSSR count). The Hall–Kier alpha value is -10.3. The van der Waals surface area contributed by atoms with Crippen molar-refractivity contribution < 1.29 is 0 Å². The fraction of sp³-hybridized carbons (Fsp3) is 0.0110. The first-order chi connectivity index (χ1) is 47.0. The Kier molecular flexibility index (Phi) is 30.9. The van der Waals surface area contributed by atoms with E-state index in [1.54, 1.807) is 0 Å². The number of allylic oxidation sites excluding steroid dienone is 4. The molecule has 5 heteroatoms. The van der Waals surface area contributed by atoms with Gasteiger partial charge in [0.05, 0.1) is 0 Å². The Morgan fingerprint density at radius 3 is 0.448 bits per heavy atom. The number of aryl methyl sites for hydroxylation is 1. The number of benzene rings is 12. The zero-order chi connectivity index (χ0) is 67.0. The van der Waals surface area contributed by atoms with Crippen molar-refractivity contribution in [2.24, 2.45) is 0 Å². The van der Waals surface area contributed by atoms with E-state index in [1.165, 1.54) is 55.6 Å². The molecule has 0 aliphatic heterocycles. The van der Waals surface area contributed by atoms with E-state index in [0.29, 0.717) is 0 Å². The molecule has 0 bridgehead atoms. The Morgan fingerprint density at radius 2 is 0.271 bits per heavy atom. The molecule has 0 saturated carbocycles. The van der Waals surface area contributed by atoms with Crippen LogP contribution < -0.4 is 0 Å². The largest absolute Gasteiger partial charge is 0.0843 e. The molecule has 96 heavy (non-hydrogen) atoms. The summed E-state index contributed by atoms with van der Waals surface area (Å²) in [6.45, 7) is 2.09. The smallest absolute Gasteiger partial charge is 0.0406 e. The highest BCUT2D eigenvalue weighted by atomic mass is 35.5. The van der Waals surface area contributed by atoms with Crippen LogP contribution >= 0.6 is 58.0 Å². The van der Waals surface area contributed by atoms with E-state index in [2.05, 4.69) is 225 Å². The highest BCUT2D eigenvalue weighted by Gasteiger charge is 1.96. The molecule has 0 heterocycles. The van der Waals surface area contributed by atoms with Gasteiger partial charge in [-0.05, 0) is 145 Å². The van der Waals surface area contributed by atoms with Crippen molar-refractivity contribution in [3.05, 3.63) is 448 Å².